The highest BCUT2D eigenvalue weighted by molar-refractivity contribution is 6.42. The predicted molar refractivity (Wildman–Crippen MR) is 71.6 cm³/mol. The fraction of sp³-hybridized carbons (Fsp3) is 0.143. The fourth-order valence-corrected chi connectivity index (χ4v) is 2.16. The van der Waals surface area contributed by atoms with Gasteiger partial charge in [0.05, 0.1) is 16.1 Å². The minimum absolute atomic E-state index is 0.428. The van der Waals surface area contributed by atoms with Crippen LogP contribution in [0.3, 0.4) is 0 Å². The highest BCUT2D eigenvalue weighted by atomic mass is 35.5. The van der Waals surface area contributed by atoms with Crippen molar-refractivity contribution in [1.82, 2.24) is 0 Å². The van der Waals surface area contributed by atoms with Crippen LogP contribution < -0.4 is 0 Å². The quantitative estimate of drug-likeness (QED) is 0.880. The van der Waals surface area contributed by atoms with Gasteiger partial charge in [0.25, 0.3) is 0 Å². The molecule has 0 bridgehead atoms. The van der Waals surface area contributed by atoms with Crippen molar-refractivity contribution in [3.05, 3.63) is 69.7 Å². The summed E-state index contributed by atoms with van der Waals surface area (Å²) in [5.41, 5.74) is 1.74. The zero-order valence-corrected chi connectivity index (χ0v) is 10.6. The molecule has 17 heavy (non-hydrogen) atoms. The third kappa shape index (κ3) is 3.01. The molecule has 0 fully saturated rings. The van der Waals surface area contributed by atoms with Gasteiger partial charge in [-0.25, -0.2) is 0 Å². The van der Waals surface area contributed by atoms with Crippen LogP contribution in [0.25, 0.3) is 0 Å². The monoisotopic (exact) mass is 266 g/mol. The van der Waals surface area contributed by atoms with Gasteiger partial charge in [-0.2, -0.15) is 0 Å². The highest BCUT2D eigenvalue weighted by Crippen LogP contribution is 2.31. The van der Waals surface area contributed by atoms with Gasteiger partial charge in [0.2, 0.25) is 0 Å². The second kappa shape index (κ2) is 5.54. The van der Waals surface area contributed by atoms with E-state index in [-0.39, 0.29) is 0 Å². The Hall–Kier alpha value is -1.02. The van der Waals surface area contributed by atoms with Crippen molar-refractivity contribution in [3.8, 4) is 0 Å². The lowest BCUT2D eigenvalue weighted by Crippen LogP contribution is -2.02. The molecule has 0 spiro atoms. The molecule has 88 valence electrons. The molecule has 0 saturated heterocycles. The molecule has 3 heteroatoms. The zero-order chi connectivity index (χ0) is 12.3. The van der Waals surface area contributed by atoms with Crippen LogP contribution in [0.15, 0.2) is 48.5 Å². The largest absolute Gasteiger partial charge is 0.388 e. The van der Waals surface area contributed by atoms with E-state index in [9.17, 15) is 5.11 Å². The van der Waals surface area contributed by atoms with Crippen LogP contribution in [0.5, 0.6) is 0 Å². The summed E-state index contributed by atoms with van der Waals surface area (Å²) in [6.45, 7) is 0. The van der Waals surface area contributed by atoms with E-state index in [1.54, 1.807) is 18.2 Å². The molecule has 0 aliphatic rings. The van der Waals surface area contributed by atoms with E-state index < -0.39 is 6.10 Å². The molecule has 0 amide bonds. The summed E-state index contributed by atoms with van der Waals surface area (Å²) in [5.74, 6) is 0. The molecule has 2 aromatic rings. The number of aliphatic hydroxyl groups is 1. The first-order chi connectivity index (χ1) is 8.18. The van der Waals surface area contributed by atoms with E-state index in [1.165, 1.54) is 0 Å². The molecule has 0 aliphatic carbocycles. The molecule has 2 aromatic carbocycles. The topological polar surface area (TPSA) is 20.2 Å². The van der Waals surface area contributed by atoms with Gasteiger partial charge in [0.15, 0.2) is 0 Å². The second-order valence-corrected chi connectivity index (χ2v) is 4.63. The maximum Gasteiger partial charge on any atom is 0.0845 e. The van der Waals surface area contributed by atoms with Crippen molar-refractivity contribution < 1.29 is 5.11 Å². The van der Waals surface area contributed by atoms with Gasteiger partial charge in [-0.1, -0.05) is 65.7 Å². The van der Waals surface area contributed by atoms with Crippen LogP contribution in [-0.4, -0.2) is 5.11 Å². The third-order valence-electron chi connectivity index (χ3n) is 2.61. The van der Waals surface area contributed by atoms with Crippen molar-refractivity contribution in [1.29, 1.82) is 0 Å². The number of hydrogen-bond donors (Lipinski definition) is 1. The predicted octanol–water partition coefficient (Wildman–Crippen LogP) is 4.27. The summed E-state index contributed by atoms with van der Waals surface area (Å²) in [6, 6.07) is 15.1. The lowest BCUT2D eigenvalue weighted by Gasteiger charge is -2.13. The van der Waals surface area contributed by atoms with Gasteiger partial charge in [-0.15, -0.1) is 0 Å². The van der Waals surface area contributed by atoms with Gasteiger partial charge >= 0.3 is 0 Å². The Morgan fingerprint density at radius 3 is 2.35 bits per heavy atom. The molecule has 0 aliphatic heterocycles. The van der Waals surface area contributed by atoms with E-state index in [4.69, 9.17) is 23.2 Å². The van der Waals surface area contributed by atoms with Gasteiger partial charge in [-0.05, 0) is 11.6 Å². The molecular weight excluding hydrogens is 255 g/mol. The van der Waals surface area contributed by atoms with Crippen LogP contribution in [0.4, 0.5) is 0 Å². The molecule has 1 nitrogen and oxygen atoms in total. The van der Waals surface area contributed by atoms with Gasteiger partial charge in [0, 0.05) is 12.0 Å². The second-order valence-electron chi connectivity index (χ2n) is 3.85. The van der Waals surface area contributed by atoms with E-state index in [1.807, 2.05) is 30.3 Å². The molecule has 2 rings (SSSR count). The molecule has 1 unspecified atom stereocenters. The fourth-order valence-electron chi connectivity index (χ4n) is 1.73. The van der Waals surface area contributed by atoms with Crippen molar-refractivity contribution >= 4 is 23.2 Å². The van der Waals surface area contributed by atoms with Crippen LogP contribution in [0.2, 0.25) is 10.0 Å². The SMILES string of the molecule is OC(Cc1ccccc1)c1cccc(Cl)c1Cl. The van der Waals surface area contributed by atoms with Gasteiger partial charge in [0.1, 0.15) is 0 Å². The number of aliphatic hydroxyl groups excluding tert-OH is 1. The summed E-state index contributed by atoms with van der Waals surface area (Å²) in [4.78, 5) is 0. The van der Waals surface area contributed by atoms with Gasteiger partial charge in [-0.3, -0.25) is 0 Å². The van der Waals surface area contributed by atoms with Crippen LogP contribution >= 0.6 is 23.2 Å². The Balaban J connectivity index is 2.20. The Bertz CT molecular complexity index is 497. The Kier molecular flexibility index (Phi) is 4.06. The van der Waals surface area contributed by atoms with Gasteiger partial charge < -0.3 is 5.11 Å². The molecule has 0 heterocycles. The average molecular weight is 267 g/mol. The minimum atomic E-state index is -0.636. The maximum atomic E-state index is 10.1. The van der Waals surface area contributed by atoms with E-state index in [0.717, 1.165) is 5.56 Å². The lowest BCUT2D eigenvalue weighted by atomic mass is 10.0. The highest BCUT2D eigenvalue weighted by Gasteiger charge is 2.13. The summed E-state index contributed by atoms with van der Waals surface area (Å²) in [6.07, 6.45) is -0.107. The molecule has 0 aromatic heterocycles. The first-order valence-electron chi connectivity index (χ1n) is 5.34. The zero-order valence-electron chi connectivity index (χ0n) is 9.11. The summed E-state index contributed by atoms with van der Waals surface area (Å²) < 4.78 is 0. The molecular formula is C14H12Cl2O. The third-order valence-corrected chi connectivity index (χ3v) is 3.45. The van der Waals surface area contributed by atoms with E-state index in [0.29, 0.717) is 22.0 Å². The molecule has 0 saturated carbocycles. The Morgan fingerprint density at radius 1 is 0.941 bits per heavy atom. The van der Waals surface area contributed by atoms with Crippen molar-refractivity contribution in [2.45, 2.75) is 12.5 Å². The smallest absolute Gasteiger partial charge is 0.0845 e. The van der Waals surface area contributed by atoms with E-state index >= 15 is 0 Å². The molecule has 1 N–H and O–H groups in total. The Morgan fingerprint density at radius 2 is 1.65 bits per heavy atom. The Labute approximate surface area is 111 Å². The standard InChI is InChI=1S/C14H12Cl2O/c15-12-8-4-7-11(14(12)16)13(17)9-10-5-2-1-3-6-10/h1-8,13,17H,9H2. The first kappa shape index (κ1) is 12.4. The van der Waals surface area contributed by atoms with Crippen LogP contribution in [-0.2, 0) is 6.42 Å². The number of hydrogen-bond acceptors (Lipinski definition) is 1. The summed E-state index contributed by atoms with van der Waals surface area (Å²) in [5, 5.41) is 11.0. The average Bonchev–Trinajstić information content (AvgIpc) is 2.34. The minimum Gasteiger partial charge on any atom is -0.388 e. The first-order valence-corrected chi connectivity index (χ1v) is 6.10. The van der Waals surface area contributed by atoms with Crippen LogP contribution in [0, 0.1) is 0 Å². The number of benzene rings is 2. The van der Waals surface area contributed by atoms with Crippen molar-refractivity contribution in [2.75, 3.05) is 0 Å². The number of halogens is 2. The summed E-state index contributed by atoms with van der Waals surface area (Å²) in [7, 11) is 0. The molecule has 0 radical (unpaired) electrons. The maximum absolute atomic E-state index is 10.1. The van der Waals surface area contributed by atoms with Crippen LogP contribution in [0.1, 0.15) is 17.2 Å². The van der Waals surface area contributed by atoms with E-state index in [2.05, 4.69) is 0 Å². The van der Waals surface area contributed by atoms with Crippen molar-refractivity contribution in [2.24, 2.45) is 0 Å². The van der Waals surface area contributed by atoms with Crippen molar-refractivity contribution in [3.63, 3.8) is 0 Å². The normalized spacial score (nSPS) is 12.4. The lowest BCUT2D eigenvalue weighted by molar-refractivity contribution is 0.178. The summed E-state index contributed by atoms with van der Waals surface area (Å²) >= 11 is 12.0. The number of rotatable bonds is 3. The molecule has 1 atom stereocenters.